The van der Waals surface area contributed by atoms with Gasteiger partial charge in [-0.1, -0.05) is 89.8 Å². The Bertz CT molecular complexity index is 882. The highest BCUT2D eigenvalue weighted by Crippen LogP contribution is 2.27. The maximum atomic E-state index is 4.43. The standard InChI is InChI=1S/C21H21N3S2/c1-3-17-7-9-18(10-8-17)12-14-25-21-24-23-20(26-21)22-13-11-19-6-4-5-16(2)15-19/h3-10,13,15H,1,11-12,14H2,2H3. The smallest absolute Gasteiger partial charge is 0.230 e. The van der Waals surface area contributed by atoms with Crippen LogP contribution in [-0.2, 0) is 12.8 Å². The van der Waals surface area contributed by atoms with Gasteiger partial charge in [0.15, 0.2) is 4.34 Å². The molecule has 1 heterocycles. The molecule has 0 aliphatic rings. The number of benzene rings is 2. The van der Waals surface area contributed by atoms with E-state index in [4.69, 9.17) is 0 Å². The first kappa shape index (κ1) is 18.5. The molecular weight excluding hydrogens is 358 g/mol. The van der Waals surface area contributed by atoms with Gasteiger partial charge >= 0.3 is 0 Å². The van der Waals surface area contributed by atoms with E-state index < -0.39 is 0 Å². The molecule has 0 saturated heterocycles. The lowest BCUT2D eigenvalue weighted by molar-refractivity contribution is 1.00. The molecule has 132 valence electrons. The molecule has 26 heavy (non-hydrogen) atoms. The zero-order valence-electron chi connectivity index (χ0n) is 14.8. The molecule has 3 nitrogen and oxygen atoms in total. The molecular formula is C21H21N3S2. The molecule has 0 saturated carbocycles. The topological polar surface area (TPSA) is 38.1 Å². The van der Waals surface area contributed by atoms with Gasteiger partial charge in [-0.05, 0) is 30.0 Å². The van der Waals surface area contributed by atoms with Crippen molar-refractivity contribution in [2.45, 2.75) is 24.1 Å². The van der Waals surface area contributed by atoms with E-state index in [2.05, 4.69) is 77.2 Å². The number of nitrogens with zero attached hydrogens (tertiary/aromatic N) is 3. The first-order valence-corrected chi connectivity index (χ1v) is 10.3. The first-order valence-electron chi connectivity index (χ1n) is 8.49. The lowest BCUT2D eigenvalue weighted by Gasteiger charge is -2.00. The molecule has 0 aliphatic carbocycles. The Balaban J connectivity index is 1.46. The van der Waals surface area contributed by atoms with Crippen molar-refractivity contribution in [3.05, 3.63) is 77.4 Å². The van der Waals surface area contributed by atoms with Gasteiger partial charge in [0.05, 0.1) is 0 Å². The van der Waals surface area contributed by atoms with Gasteiger partial charge in [-0.25, -0.2) is 4.99 Å². The van der Waals surface area contributed by atoms with Gasteiger partial charge in [0.1, 0.15) is 0 Å². The van der Waals surface area contributed by atoms with E-state index in [9.17, 15) is 0 Å². The summed E-state index contributed by atoms with van der Waals surface area (Å²) in [5.41, 5.74) is 5.00. The van der Waals surface area contributed by atoms with Crippen LogP contribution in [0.25, 0.3) is 6.08 Å². The van der Waals surface area contributed by atoms with E-state index in [0.717, 1.165) is 33.6 Å². The molecule has 0 bridgehead atoms. The van der Waals surface area contributed by atoms with Gasteiger partial charge < -0.3 is 0 Å². The maximum Gasteiger partial charge on any atom is 0.232 e. The Hall–Kier alpha value is -2.24. The van der Waals surface area contributed by atoms with Crippen molar-refractivity contribution in [2.75, 3.05) is 5.75 Å². The van der Waals surface area contributed by atoms with Crippen LogP contribution < -0.4 is 0 Å². The third kappa shape index (κ3) is 5.64. The minimum Gasteiger partial charge on any atom is -0.230 e. The molecule has 0 unspecified atom stereocenters. The van der Waals surface area contributed by atoms with Crippen LogP contribution >= 0.6 is 23.1 Å². The highest BCUT2D eigenvalue weighted by atomic mass is 32.2. The molecule has 0 spiro atoms. The Morgan fingerprint density at radius 2 is 1.96 bits per heavy atom. The summed E-state index contributed by atoms with van der Waals surface area (Å²) in [7, 11) is 0. The van der Waals surface area contributed by atoms with Crippen LogP contribution in [0.2, 0.25) is 0 Å². The molecule has 0 aliphatic heterocycles. The number of hydrogen-bond acceptors (Lipinski definition) is 5. The van der Waals surface area contributed by atoms with Crippen LogP contribution in [-0.4, -0.2) is 22.2 Å². The molecule has 3 aromatic rings. The highest BCUT2D eigenvalue weighted by Gasteiger charge is 2.03. The van der Waals surface area contributed by atoms with Crippen LogP contribution in [0.4, 0.5) is 5.13 Å². The summed E-state index contributed by atoms with van der Waals surface area (Å²) in [5.74, 6) is 0.981. The molecule has 5 heteroatoms. The normalized spacial score (nSPS) is 11.1. The second-order valence-electron chi connectivity index (χ2n) is 5.90. The highest BCUT2D eigenvalue weighted by molar-refractivity contribution is 8.01. The lowest BCUT2D eigenvalue weighted by atomic mass is 10.1. The number of thioether (sulfide) groups is 1. The van der Waals surface area contributed by atoms with Crippen molar-refractivity contribution >= 4 is 40.5 Å². The Morgan fingerprint density at radius 1 is 1.12 bits per heavy atom. The van der Waals surface area contributed by atoms with Crippen LogP contribution in [0, 0.1) is 6.92 Å². The van der Waals surface area contributed by atoms with Gasteiger partial charge in [0, 0.05) is 18.4 Å². The van der Waals surface area contributed by atoms with Crippen LogP contribution in [0.1, 0.15) is 22.3 Å². The summed E-state index contributed by atoms with van der Waals surface area (Å²) in [6, 6.07) is 17.0. The summed E-state index contributed by atoms with van der Waals surface area (Å²) in [4.78, 5) is 4.43. The second-order valence-corrected chi connectivity index (χ2v) is 8.20. The largest absolute Gasteiger partial charge is 0.232 e. The number of aliphatic imine (C=N–C) groups is 1. The molecule has 0 atom stereocenters. The van der Waals surface area contributed by atoms with Crippen molar-refractivity contribution in [1.82, 2.24) is 10.2 Å². The molecule has 0 radical (unpaired) electrons. The summed E-state index contributed by atoms with van der Waals surface area (Å²) >= 11 is 3.27. The summed E-state index contributed by atoms with van der Waals surface area (Å²) in [6.45, 7) is 5.88. The predicted octanol–water partition coefficient (Wildman–Crippen LogP) is 5.77. The summed E-state index contributed by atoms with van der Waals surface area (Å²) in [6.07, 6.45) is 5.59. The fourth-order valence-electron chi connectivity index (χ4n) is 2.46. The average Bonchev–Trinajstić information content (AvgIpc) is 3.10. The van der Waals surface area contributed by atoms with Crippen molar-refractivity contribution in [3.63, 3.8) is 0 Å². The van der Waals surface area contributed by atoms with Gasteiger partial charge in [0.2, 0.25) is 5.13 Å². The number of aromatic nitrogens is 2. The molecule has 0 fully saturated rings. The number of rotatable bonds is 8. The molecule has 2 aromatic carbocycles. The maximum absolute atomic E-state index is 4.43. The Labute approximate surface area is 162 Å². The van der Waals surface area contributed by atoms with Crippen LogP contribution in [0.5, 0.6) is 0 Å². The van der Waals surface area contributed by atoms with Crippen LogP contribution in [0.3, 0.4) is 0 Å². The monoisotopic (exact) mass is 379 g/mol. The van der Waals surface area contributed by atoms with Crippen molar-refractivity contribution in [1.29, 1.82) is 0 Å². The number of aryl methyl sites for hydroxylation is 2. The molecule has 0 N–H and O–H groups in total. The Kier molecular flexibility index (Phi) is 6.75. The van der Waals surface area contributed by atoms with Crippen molar-refractivity contribution < 1.29 is 0 Å². The Morgan fingerprint density at radius 3 is 2.73 bits per heavy atom. The fraction of sp³-hybridized carbons (Fsp3) is 0.190. The summed E-state index contributed by atoms with van der Waals surface area (Å²) in [5, 5.41) is 9.09. The zero-order valence-corrected chi connectivity index (χ0v) is 16.4. The summed E-state index contributed by atoms with van der Waals surface area (Å²) < 4.78 is 0.968. The average molecular weight is 380 g/mol. The molecule has 3 rings (SSSR count). The first-order chi connectivity index (χ1) is 12.7. The fourth-order valence-corrected chi connectivity index (χ4v) is 4.22. The van der Waals surface area contributed by atoms with Gasteiger partial charge in [0.25, 0.3) is 0 Å². The minimum absolute atomic E-state index is 0.718. The van der Waals surface area contributed by atoms with E-state index in [1.807, 2.05) is 12.3 Å². The van der Waals surface area contributed by atoms with E-state index in [1.165, 1.54) is 16.7 Å². The van der Waals surface area contributed by atoms with E-state index >= 15 is 0 Å². The third-order valence-corrected chi connectivity index (χ3v) is 5.80. The van der Waals surface area contributed by atoms with Gasteiger partial charge in [-0.3, -0.25) is 0 Å². The van der Waals surface area contributed by atoms with Crippen molar-refractivity contribution in [2.24, 2.45) is 4.99 Å². The quantitative estimate of drug-likeness (QED) is 0.368. The zero-order chi connectivity index (χ0) is 18.2. The van der Waals surface area contributed by atoms with E-state index in [0.29, 0.717) is 0 Å². The molecule has 1 aromatic heterocycles. The molecule has 0 amide bonds. The number of hydrogen-bond donors (Lipinski definition) is 0. The predicted molar refractivity (Wildman–Crippen MR) is 114 cm³/mol. The van der Waals surface area contributed by atoms with E-state index in [-0.39, 0.29) is 0 Å². The minimum atomic E-state index is 0.718. The van der Waals surface area contributed by atoms with E-state index in [1.54, 1.807) is 23.1 Å². The SMILES string of the molecule is C=Cc1ccc(CCSc2nnc(N=CCc3cccc(C)c3)s2)cc1. The van der Waals surface area contributed by atoms with Crippen LogP contribution in [0.15, 0.2) is 64.4 Å². The lowest BCUT2D eigenvalue weighted by Crippen LogP contribution is -1.88. The van der Waals surface area contributed by atoms with Gasteiger partial charge in [-0.2, -0.15) is 0 Å². The van der Waals surface area contributed by atoms with Gasteiger partial charge in [-0.15, -0.1) is 10.2 Å². The third-order valence-electron chi connectivity index (χ3n) is 3.84. The van der Waals surface area contributed by atoms with Crippen molar-refractivity contribution in [3.8, 4) is 0 Å². The second kappa shape index (κ2) is 9.46.